The minimum absolute atomic E-state index is 0.0834. The second kappa shape index (κ2) is 5.91. The lowest BCUT2D eigenvalue weighted by molar-refractivity contribution is -0.145. The minimum Gasteiger partial charge on any atom is -0.467 e. The first-order valence-corrected chi connectivity index (χ1v) is 6.35. The highest BCUT2D eigenvalue weighted by molar-refractivity contribution is 5.85. The molecule has 2 aromatic rings. The second-order valence-electron chi connectivity index (χ2n) is 4.70. The van der Waals surface area contributed by atoms with Crippen LogP contribution in [0.3, 0.4) is 0 Å². The van der Waals surface area contributed by atoms with Crippen molar-refractivity contribution in [1.29, 1.82) is 0 Å². The van der Waals surface area contributed by atoms with Crippen LogP contribution in [0.15, 0.2) is 48.5 Å². The molecule has 1 N–H and O–H groups in total. The molecule has 0 spiro atoms. The van der Waals surface area contributed by atoms with Gasteiger partial charge in [0.2, 0.25) is 0 Å². The van der Waals surface area contributed by atoms with Gasteiger partial charge in [-0.1, -0.05) is 30.3 Å². The molecule has 0 aliphatic heterocycles. The van der Waals surface area contributed by atoms with E-state index in [0.717, 1.165) is 0 Å². The highest BCUT2D eigenvalue weighted by Gasteiger charge is 2.39. The summed E-state index contributed by atoms with van der Waals surface area (Å²) in [6.45, 7) is 1.45. The average Bonchev–Trinajstić information content (AvgIpc) is 2.49. The molecule has 110 valence electrons. The molecule has 21 heavy (non-hydrogen) atoms. The Labute approximate surface area is 121 Å². The van der Waals surface area contributed by atoms with Gasteiger partial charge in [-0.15, -0.1) is 0 Å². The Hall–Kier alpha value is -2.43. The number of ether oxygens (including phenoxy) is 1. The smallest absolute Gasteiger partial charge is 0.336 e. The summed E-state index contributed by atoms with van der Waals surface area (Å²) in [5.74, 6) is -1.82. The summed E-state index contributed by atoms with van der Waals surface area (Å²) in [7, 11) is 1.20. The molecular formula is C16H15F2NO2. The quantitative estimate of drug-likeness (QED) is 0.877. The topological polar surface area (TPSA) is 38.3 Å². The van der Waals surface area contributed by atoms with Gasteiger partial charge in [0.15, 0.2) is 5.54 Å². The summed E-state index contributed by atoms with van der Waals surface area (Å²) in [6, 6.07) is 11.7. The highest BCUT2D eigenvalue weighted by Crippen LogP contribution is 2.30. The van der Waals surface area contributed by atoms with E-state index in [1.807, 2.05) is 0 Å². The van der Waals surface area contributed by atoms with Crippen LogP contribution in [-0.2, 0) is 15.1 Å². The number of esters is 1. The summed E-state index contributed by atoms with van der Waals surface area (Å²) < 4.78 is 32.6. The molecule has 2 aromatic carbocycles. The monoisotopic (exact) mass is 291 g/mol. The molecule has 0 aromatic heterocycles. The van der Waals surface area contributed by atoms with Crippen molar-refractivity contribution >= 4 is 11.7 Å². The molecule has 0 amide bonds. The predicted molar refractivity (Wildman–Crippen MR) is 75.8 cm³/mol. The SMILES string of the molecule is COC(=O)C(C)(Nc1ccccc1F)c1ccccc1F. The largest absolute Gasteiger partial charge is 0.467 e. The second-order valence-corrected chi connectivity index (χ2v) is 4.70. The minimum atomic E-state index is -1.54. The van der Waals surface area contributed by atoms with E-state index in [4.69, 9.17) is 4.74 Å². The first-order chi connectivity index (χ1) is 9.99. The molecule has 0 aliphatic rings. The van der Waals surface area contributed by atoms with Crippen LogP contribution < -0.4 is 5.32 Å². The van der Waals surface area contributed by atoms with Gasteiger partial charge in [-0.2, -0.15) is 0 Å². The third-order valence-electron chi connectivity index (χ3n) is 3.26. The van der Waals surface area contributed by atoms with Crippen molar-refractivity contribution in [2.45, 2.75) is 12.5 Å². The fourth-order valence-corrected chi connectivity index (χ4v) is 2.13. The number of nitrogens with one attached hydrogen (secondary N) is 1. The lowest BCUT2D eigenvalue weighted by atomic mass is 9.91. The van der Waals surface area contributed by atoms with Gasteiger partial charge >= 0.3 is 5.97 Å². The summed E-state index contributed by atoms with van der Waals surface area (Å²) >= 11 is 0. The molecular weight excluding hydrogens is 276 g/mol. The standard InChI is InChI=1S/C16H15F2NO2/c1-16(15(20)21-2,11-7-3-4-8-12(11)17)19-14-10-6-5-9-13(14)18/h3-10,19H,1-2H3. The fourth-order valence-electron chi connectivity index (χ4n) is 2.13. The van der Waals surface area contributed by atoms with Crippen LogP contribution in [0.4, 0.5) is 14.5 Å². The maximum atomic E-state index is 14.0. The molecule has 0 bridgehead atoms. The van der Waals surface area contributed by atoms with Crippen LogP contribution >= 0.6 is 0 Å². The van der Waals surface area contributed by atoms with E-state index in [0.29, 0.717) is 0 Å². The molecule has 1 atom stereocenters. The third-order valence-corrected chi connectivity index (χ3v) is 3.26. The van der Waals surface area contributed by atoms with Crippen molar-refractivity contribution in [3.63, 3.8) is 0 Å². The van der Waals surface area contributed by atoms with Gasteiger partial charge in [-0.05, 0) is 25.1 Å². The Morgan fingerprint density at radius 3 is 2.19 bits per heavy atom. The number of methoxy groups -OCH3 is 1. The van der Waals surface area contributed by atoms with Crippen molar-refractivity contribution in [3.8, 4) is 0 Å². The third kappa shape index (κ3) is 2.86. The highest BCUT2D eigenvalue weighted by atomic mass is 19.1. The average molecular weight is 291 g/mol. The Morgan fingerprint density at radius 2 is 1.62 bits per heavy atom. The molecule has 0 heterocycles. The zero-order valence-corrected chi connectivity index (χ0v) is 11.7. The van der Waals surface area contributed by atoms with Gasteiger partial charge in [0.25, 0.3) is 0 Å². The molecule has 3 nitrogen and oxygen atoms in total. The van der Waals surface area contributed by atoms with Gasteiger partial charge < -0.3 is 10.1 Å². The van der Waals surface area contributed by atoms with Crippen LogP contribution in [-0.4, -0.2) is 13.1 Å². The predicted octanol–water partition coefficient (Wildman–Crippen LogP) is 3.47. The Balaban J connectivity index is 2.51. The van der Waals surface area contributed by atoms with Crippen LogP contribution in [0.5, 0.6) is 0 Å². The number of hydrogen-bond acceptors (Lipinski definition) is 3. The lowest BCUT2D eigenvalue weighted by Crippen LogP contribution is -2.42. The van der Waals surface area contributed by atoms with Gasteiger partial charge in [-0.25, -0.2) is 13.6 Å². The van der Waals surface area contributed by atoms with Gasteiger partial charge in [-0.3, -0.25) is 0 Å². The van der Waals surface area contributed by atoms with E-state index < -0.39 is 23.1 Å². The maximum Gasteiger partial charge on any atom is 0.336 e. The number of para-hydroxylation sites is 1. The normalized spacial score (nSPS) is 13.3. The van der Waals surface area contributed by atoms with E-state index in [1.165, 1.54) is 50.4 Å². The number of carbonyl (C=O) groups is 1. The molecule has 5 heteroatoms. The Bertz CT molecular complexity index is 660. The summed E-state index contributed by atoms with van der Waals surface area (Å²) in [4.78, 5) is 12.1. The zero-order valence-electron chi connectivity index (χ0n) is 11.7. The Kier molecular flexibility index (Phi) is 4.21. The van der Waals surface area contributed by atoms with Gasteiger partial charge in [0.1, 0.15) is 11.6 Å². The van der Waals surface area contributed by atoms with Gasteiger partial charge in [0.05, 0.1) is 12.8 Å². The summed E-state index contributed by atoms with van der Waals surface area (Å²) in [5.41, 5.74) is -1.36. The molecule has 0 aliphatic carbocycles. The van der Waals surface area contributed by atoms with E-state index in [9.17, 15) is 13.6 Å². The number of benzene rings is 2. The molecule has 2 rings (SSSR count). The fraction of sp³-hybridized carbons (Fsp3) is 0.188. The van der Waals surface area contributed by atoms with E-state index >= 15 is 0 Å². The number of anilines is 1. The number of hydrogen-bond donors (Lipinski definition) is 1. The van der Waals surface area contributed by atoms with Crippen molar-refractivity contribution in [1.82, 2.24) is 0 Å². The van der Waals surface area contributed by atoms with Crippen molar-refractivity contribution < 1.29 is 18.3 Å². The van der Waals surface area contributed by atoms with E-state index in [-0.39, 0.29) is 11.3 Å². The lowest BCUT2D eigenvalue weighted by Gasteiger charge is -2.30. The van der Waals surface area contributed by atoms with Gasteiger partial charge in [0, 0.05) is 5.56 Å². The Morgan fingerprint density at radius 1 is 1.05 bits per heavy atom. The zero-order chi connectivity index (χ0) is 15.5. The van der Waals surface area contributed by atoms with E-state index in [2.05, 4.69) is 5.32 Å². The maximum absolute atomic E-state index is 14.0. The van der Waals surface area contributed by atoms with Crippen LogP contribution in [0.1, 0.15) is 12.5 Å². The van der Waals surface area contributed by atoms with Crippen LogP contribution in [0.25, 0.3) is 0 Å². The number of halogens is 2. The number of carbonyl (C=O) groups excluding carboxylic acids is 1. The van der Waals surface area contributed by atoms with Crippen molar-refractivity contribution in [2.75, 3.05) is 12.4 Å². The van der Waals surface area contributed by atoms with E-state index in [1.54, 1.807) is 12.1 Å². The molecule has 0 saturated heterocycles. The van der Waals surface area contributed by atoms with Crippen LogP contribution in [0.2, 0.25) is 0 Å². The molecule has 0 saturated carbocycles. The van der Waals surface area contributed by atoms with Crippen LogP contribution in [0, 0.1) is 11.6 Å². The van der Waals surface area contributed by atoms with Crippen molar-refractivity contribution in [3.05, 3.63) is 65.7 Å². The first-order valence-electron chi connectivity index (χ1n) is 6.35. The molecule has 0 fully saturated rings. The number of rotatable bonds is 4. The summed E-state index contributed by atoms with van der Waals surface area (Å²) in [6.07, 6.45) is 0. The molecule has 0 radical (unpaired) electrons. The first kappa shape index (κ1) is 15.0. The van der Waals surface area contributed by atoms with Crippen molar-refractivity contribution in [2.24, 2.45) is 0 Å². The summed E-state index contributed by atoms with van der Waals surface area (Å²) in [5, 5.41) is 2.74. The molecule has 1 unspecified atom stereocenters.